The molecule has 0 bridgehead atoms. The van der Waals surface area contributed by atoms with Crippen LogP contribution in [0.2, 0.25) is 10.0 Å². The summed E-state index contributed by atoms with van der Waals surface area (Å²) < 4.78 is 10.7. The van der Waals surface area contributed by atoms with Crippen molar-refractivity contribution in [2.45, 2.75) is 6.61 Å². The molecule has 0 N–H and O–H groups in total. The number of hydrogen-bond acceptors (Lipinski definition) is 2. The molecular formula is C14H12Cl2O2. The van der Waals surface area contributed by atoms with Gasteiger partial charge in [0.25, 0.3) is 0 Å². The van der Waals surface area contributed by atoms with Gasteiger partial charge in [0.2, 0.25) is 0 Å². The molecule has 0 aliphatic rings. The Labute approximate surface area is 116 Å². The van der Waals surface area contributed by atoms with E-state index in [9.17, 15) is 0 Å². The molecule has 0 atom stereocenters. The average molecular weight is 283 g/mol. The lowest BCUT2D eigenvalue weighted by Gasteiger charge is -2.11. The molecule has 0 unspecified atom stereocenters. The van der Waals surface area contributed by atoms with Crippen molar-refractivity contribution in [2.24, 2.45) is 0 Å². The van der Waals surface area contributed by atoms with Gasteiger partial charge >= 0.3 is 0 Å². The van der Waals surface area contributed by atoms with Crippen LogP contribution < -0.4 is 9.47 Å². The van der Waals surface area contributed by atoms with E-state index >= 15 is 0 Å². The molecular weight excluding hydrogens is 271 g/mol. The van der Waals surface area contributed by atoms with Crippen molar-refractivity contribution in [2.75, 3.05) is 7.11 Å². The van der Waals surface area contributed by atoms with Crippen molar-refractivity contribution in [3.8, 4) is 11.5 Å². The van der Waals surface area contributed by atoms with Gasteiger partial charge in [0.15, 0.2) is 5.75 Å². The molecule has 94 valence electrons. The fraction of sp³-hybridized carbons (Fsp3) is 0.143. The zero-order valence-electron chi connectivity index (χ0n) is 9.82. The first-order valence-electron chi connectivity index (χ1n) is 5.40. The summed E-state index contributed by atoms with van der Waals surface area (Å²) in [6.45, 7) is 0.423. The first kappa shape index (κ1) is 13.1. The summed E-state index contributed by atoms with van der Waals surface area (Å²) in [5.41, 5.74) is 1.06. The third-order valence-corrected chi connectivity index (χ3v) is 2.99. The van der Waals surface area contributed by atoms with Crippen LogP contribution in [0.1, 0.15) is 5.56 Å². The SMILES string of the molecule is COc1cc(Cl)c(OCc2ccccc2)c(Cl)c1. The second kappa shape index (κ2) is 5.98. The Kier molecular flexibility index (Phi) is 4.34. The molecule has 0 fully saturated rings. The molecule has 0 heterocycles. The lowest BCUT2D eigenvalue weighted by Crippen LogP contribution is -1.96. The van der Waals surface area contributed by atoms with Crippen LogP contribution in [0.15, 0.2) is 42.5 Å². The maximum atomic E-state index is 6.09. The third kappa shape index (κ3) is 3.09. The number of benzene rings is 2. The molecule has 0 spiro atoms. The van der Waals surface area contributed by atoms with Gasteiger partial charge in [-0.2, -0.15) is 0 Å². The highest BCUT2D eigenvalue weighted by Gasteiger charge is 2.10. The van der Waals surface area contributed by atoms with E-state index in [0.29, 0.717) is 28.2 Å². The molecule has 4 heteroatoms. The van der Waals surface area contributed by atoms with Crippen molar-refractivity contribution < 1.29 is 9.47 Å². The fourth-order valence-electron chi connectivity index (χ4n) is 1.52. The van der Waals surface area contributed by atoms with Gasteiger partial charge < -0.3 is 9.47 Å². The van der Waals surface area contributed by atoms with E-state index in [0.717, 1.165) is 5.56 Å². The van der Waals surface area contributed by atoms with Crippen LogP contribution in [-0.2, 0) is 6.61 Å². The summed E-state index contributed by atoms with van der Waals surface area (Å²) in [6, 6.07) is 13.2. The standard InChI is InChI=1S/C14H12Cl2O2/c1-17-11-7-12(15)14(13(16)8-11)18-9-10-5-3-2-4-6-10/h2-8H,9H2,1H3. The molecule has 0 saturated heterocycles. The second-order valence-electron chi connectivity index (χ2n) is 3.69. The molecule has 0 saturated carbocycles. The molecule has 0 amide bonds. The fourth-order valence-corrected chi connectivity index (χ4v) is 2.10. The summed E-state index contributed by atoms with van der Waals surface area (Å²) in [7, 11) is 1.56. The maximum Gasteiger partial charge on any atom is 0.157 e. The second-order valence-corrected chi connectivity index (χ2v) is 4.51. The first-order valence-corrected chi connectivity index (χ1v) is 6.16. The van der Waals surface area contributed by atoms with Crippen LogP contribution >= 0.6 is 23.2 Å². The highest BCUT2D eigenvalue weighted by Crippen LogP contribution is 2.37. The number of methoxy groups -OCH3 is 1. The Morgan fingerprint density at radius 1 is 1.00 bits per heavy atom. The Bertz CT molecular complexity index is 504. The predicted octanol–water partition coefficient (Wildman–Crippen LogP) is 4.58. The molecule has 2 aromatic rings. The van der Waals surface area contributed by atoms with Gasteiger partial charge in [0.1, 0.15) is 12.4 Å². The number of ether oxygens (including phenoxy) is 2. The molecule has 0 aliphatic heterocycles. The molecule has 18 heavy (non-hydrogen) atoms. The Hall–Kier alpha value is -1.38. The molecule has 2 aromatic carbocycles. The van der Waals surface area contributed by atoms with Crippen molar-refractivity contribution in [1.29, 1.82) is 0 Å². The lowest BCUT2D eigenvalue weighted by molar-refractivity contribution is 0.306. The number of halogens is 2. The van der Waals surface area contributed by atoms with E-state index < -0.39 is 0 Å². The monoisotopic (exact) mass is 282 g/mol. The van der Waals surface area contributed by atoms with Crippen LogP contribution in [0.4, 0.5) is 0 Å². The molecule has 0 radical (unpaired) electrons. The summed E-state index contributed by atoms with van der Waals surface area (Å²) in [4.78, 5) is 0. The van der Waals surface area contributed by atoms with Crippen LogP contribution in [0.5, 0.6) is 11.5 Å². The lowest BCUT2D eigenvalue weighted by atomic mass is 10.2. The summed E-state index contributed by atoms with van der Waals surface area (Å²) >= 11 is 12.2. The van der Waals surface area contributed by atoms with Gasteiger partial charge in [-0.05, 0) is 5.56 Å². The smallest absolute Gasteiger partial charge is 0.157 e. The van der Waals surface area contributed by atoms with Crippen molar-refractivity contribution in [3.63, 3.8) is 0 Å². The number of rotatable bonds is 4. The van der Waals surface area contributed by atoms with Crippen LogP contribution in [0.25, 0.3) is 0 Å². The minimum atomic E-state index is 0.423. The van der Waals surface area contributed by atoms with E-state index in [1.807, 2.05) is 30.3 Å². The summed E-state index contributed by atoms with van der Waals surface area (Å²) in [5, 5.41) is 0.880. The van der Waals surface area contributed by atoms with Gasteiger partial charge in [-0.15, -0.1) is 0 Å². The van der Waals surface area contributed by atoms with Gasteiger partial charge in [-0.25, -0.2) is 0 Å². The zero-order chi connectivity index (χ0) is 13.0. The van der Waals surface area contributed by atoms with E-state index in [4.69, 9.17) is 32.7 Å². The summed E-state index contributed by atoms with van der Waals surface area (Å²) in [6.07, 6.45) is 0. The van der Waals surface area contributed by atoms with Gasteiger partial charge in [-0.3, -0.25) is 0 Å². The van der Waals surface area contributed by atoms with E-state index in [1.165, 1.54) is 0 Å². The minimum Gasteiger partial charge on any atom is -0.497 e. The van der Waals surface area contributed by atoms with Crippen LogP contribution in [0, 0.1) is 0 Å². The Morgan fingerprint density at radius 3 is 2.17 bits per heavy atom. The van der Waals surface area contributed by atoms with Crippen molar-refractivity contribution >= 4 is 23.2 Å². The topological polar surface area (TPSA) is 18.5 Å². The van der Waals surface area contributed by atoms with Gasteiger partial charge in [0.05, 0.1) is 17.2 Å². The molecule has 0 aliphatic carbocycles. The largest absolute Gasteiger partial charge is 0.497 e. The number of hydrogen-bond donors (Lipinski definition) is 0. The quantitative estimate of drug-likeness (QED) is 0.817. The normalized spacial score (nSPS) is 10.2. The Morgan fingerprint density at radius 2 is 1.61 bits per heavy atom. The first-order chi connectivity index (χ1) is 8.70. The minimum absolute atomic E-state index is 0.423. The molecule has 0 aromatic heterocycles. The highest BCUT2D eigenvalue weighted by atomic mass is 35.5. The van der Waals surface area contributed by atoms with Crippen molar-refractivity contribution in [3.05, 3.63) is 58.1 Å². The van der Waals surface area contributed by atoms with Gasteiger partial charge in [-0.1, -0.05) is 53.5 Å². The van der Waals surface area contributed by atoms with E-state index in [-0.39, 0.29) is 0 Å². The van der Waals surface area contributed by atoms with Crippen molar-refractivity contribution in [1.82, 2.24) is 0 Å². The highest BCUT2D eigenvalue weighted by molar-refractivity contribution is 6.37. The maximum absolute atomic E-state index is 6.09. The summed E-state index contributed by atoms with van der Waals surface area (Å²) in [5.74, 6) is 1.08. The van der Waals surface area contributed by atoms with E-state index in [2.05, 4.69) is 0 Å². The van der Waals surface area contributed by atoms with Crippen LogP contribution in [-0.4, -0.2) is 7.11 Å². The average Bonchev–Trinajstić information content (AvgIpc) is 2.38. The third-order valence-electron chi connectivity index (χ3n) is 2.43. The Balaban J connectivity index is 2.15. The zero-order valence-corrected chi connectivity index (χ0v) is 11.3. The molecule has 2 nitrogen and oxygen atoms in total. The van der Waals surface area contributed by atoms with Gasteiger partial charge in [0, 0.05) is 12.1 Å². The molecule has 2 rings (SSSR count). The van der Waals surface area contributed by atoms with Crippen LogP contribution in [0.3, 0.4) is 0 Å². The predicted molar refractivity (Wildman–Crippen MR) is 73.8 cm³/mol. The van der Waals surface area contributed by atoms with E-state index in [1.54, 1.807) is 19.2 Å².